The van der Waals surface area contributed by atoms with Crippen LogP contribution in [0, 0.1) is 12.8 Å². The van der Waals surface area contributed by atoms with E-state index in [1.807, 2.05) is 19.1 Å². The van der Waals surface area contributed by atoms with E-state index in [1.165, 1.54) is 0 Å². The van der Waals surface area contributed by atoms with Crippen molar-refractivity contribution in [1.82, 2.24) is 0 Å². The lowest BCUT2D eigenvalue weighted by Gasteiger charge is -2.31. The van der Waals surface area contributed by atoms with E-state index in [4.69, 9.17) is 15.2 Å². The summed E-state index contributed by atoms with van der Waals surface area (Å²) in [5.41, 5.74) is 7.44. The largest absolute Gasteiger partial charge is 0.454 e. The zero-order chi connectivity index (χ0) is 12.7. The van der Waals surface area contributed by atoms with Crippen LogP contribution >= 0.6 is 0 Å². The zero-order valence-electron chi connectivity index (χ0n) is 10.2. The van der Waals surface area contributed by atoms with Gasteiger partial charge >= 0.3 is 0 Å². The second-order valence-corrected chi connectivity index (χ2v) is 4.94. The number of hydrogen-bond acceptors (Lipinski definition) is 4. The normalized spacial score (nSPS) is 24.6. The first-order valence-electron chi connectivity index (χ1n) is 6.10. The highest BCUT2D eigenvalue weighted by molar-refractivity contribution is 5.94. The summed E-state index contributed by atoms with van der Waals surface area (Å²) < 4.78 is 10.6. The molecule has 18 heavy (non-hydrogen) atoms. The average Bonchev–Trinajstić information content (AvgIpc) is 2.72. The number of carbonyl (C=O) groups excluding carboxylic acids is 1. The number of rotatable bonds is 2. The van der Waals surface area contributed by atoms with E-state index in [0.29, 0.717) is 5.75 Å². The molecule has 96 valence electrons. The highest BCUT2D eigenvalue weighted by atomic mass is 16.7. The quantitative estimate of drug-likeness (QED) is 0.829. The fourth-order valence-corrected chi connectivity index (χ4v) is 2.29. The number of benzene rings is 1. The van der Waals surface area contributed by atoms with Gasteiger partial charge in [0.05, 0.1) is 0 Å². The number of aryl methyl sites for hydroxylation is 1. The predicted octanol–water partition coefficient (Wildman–Crippen LogP) is 1.40. The molecule has 0 bridgehead atoms. The first-order chi connectivity index (χ1) is 8.63. The fraction of sp³-hybridized carbons (Fsp3) is 0.462. The molecule has 3 rings (SSSR count). The van der Waals surface area contributed by atoms with Crippen molar-refractivity contribution < 1.29 is 14.3 Å². The number of nitrogens with two attached hydrogens (primary N) is 1. The van der Waals surface area contributed by atoms with Crippen LogP contribution in [0.25, 0.3) is 0 Å². The van der Waals surface area contributed by atoms with Crippen molar-refractivity contribution in [3.8, 4) is 11.5 Å². The van der Waals surface area contributed by atoms with Crippen molar-refractivity contribution in [3.63, 3.8) is 0 Å². The molecular weight excluding hydrogens is 232 g/mol. The van der Waals surface area contributed by atoms with Crippen molar-refractivity contribution in [2.45, 2.75) is 25.8 Å². The highest BCUT2D eigenvalue weighted by Crippen LogP contribution is 2.37. The molecule has 0 saturated heterocycles. The smallest absolute Gasteiger partial charge is 0.231 e. The van der Waals surface area contributed by atoms with Gasteiger partial charge in [0, 0.05) is 23.7 Å². The summed E-state index contributed by atoms with van der Waals surface area (Å²) in [6.45, 7) is 2.17. The van der Waals surface area contributed by atoms with Crippen LogP contribution in [0.15, 0.2) is 12.1 Å². The van der Waals surface area contributed by atoms with Gasteiger partial charge in [0.25, 0.3) is 0 Å². The van der Waals surface area contributed by atoms with Crippen LogP contribution < -0.4 is 20.5 Å². The molecule has 1 saturated carbocycles. The van der Waals surface area contributed by atoms with Gasteiger partial charge in [-0.1, -0.05) is 0 Å². The van der Waals surface area contributed by atoms with Gasteiger partial charge in [0.2, 0.25) is 12.7 Å². The highest BCUT2D eigenvalue weighted by Gasteiger charge is 2.32. The van der Waals surface area contributed by atoms with E-state index in [0.717, 1.165) is 29.8 Å². The second-order valence-electron chi connectivity index (χ2n) is 4.94. The first kappa shape index (κ1) is 11.3. The van der Waals surface area contributed by atoms with E-state index < -0.39 is 0 Å². The van der Waals surface area contributed by atoms with E-state index >= 15 is 0 Å². The maximum atomic E-state index is 12.0. The molecule has 1 aromatic rings. The molecule has 1 aliphatic carbocycles. The Morgan fingerprint density at radius 3 is 2.67 bits per heavy atom. The number of ether oxygens (including phenoxy) is 2. The molecule has 0 atom stereocenters. The van der Waals surface area contributed by atoms with Gasteiger partial charge in [-0.25, -0.2) is 0 Å². The van der Waals surface area contributed by atoms with Gasteiger partial charge in [-0.2, -0.15) is 0 Å². The molecule has 3 N–H and O–H groups in total. The molecule has 1 amide bonds. The van der Waals surface area contributed by atoms with Crippen molar-refractivity contribution in [2.75, 3.05) is 12.1 Å². The Morgan fingerprint density at radius 1 is 1.33 bits per heavy atom. The molecular formula is C13H16N2O3. The lowest BCUT2D eigenvalue weighted by molar-refractivity contribution is -0.122. The minimum absolute atomic E-state index is 0.0404. The molecule has 2 aliphatic rings. The Hall–Kier alpha value is -1.75. The van der Waals surface area contributed by atoms with Crippen molar-refractivity contribution in [1.29, 1.82) is 0 Å². The van der Waals surface area contributed by atoms with Crippen molar-refractivity contribution in [2.24, 2.45) is 11.7 Å². The van der Waals surface area contributed by atoms with Crippen LogP contribution in [0.2, 0.25) is 0 Å². The van der Waals surface area contributed by atoms with Gasteiger partial charge in [0.15, 0.2) is 11.5 Å². The van der Waals surface area contributed by atoms with E-state index in [2.05, 4.69) is 5.32 Å². The minimum atomic E-state index is 0.0404. The third-order valence-electron chi connectivity index (χ3n) is 3.52. The number of amides is 1. The summed E-state index contributed by atoms with van der Waals surface area (Å²) >= 11 is 0. The average molecular weight is 248 g/mol. The van der Waals surface area contributed by atoms with Crippen LogP contribution in [0.1, 0.15) is 18.4 Å². The Kier molecular flexibility index (Phi) is 2.63. The monoisotopic (exact) mass is 248 g/mol. The molecule has 5 nitrogen and oxygen atoms in total. The lowest BCUT2D eigenvalue weighted by atomic mass is 9.80. The summed E-state index contributed by atoms with van der Waals surface area (Å²) in [5, 5.41) is 2.93. The van der Waals surface area contributed by atoms with E-state index in [9.17, 15) is 4.79 Å². The molecule has 1 aliphatic heterocycles. The summed E-state index contributed by atoms with van der Waals surface area (Å²) in [7, 11) is 0. The standard InChI is InChI=1S/C13H16N2O3/c1-7-2-11-12(18-6-17-11)5-10(7)15-13(16)8-3-9(14)4-8/h2,5,8-9H,3-4,6,14H2,1H3,(H,15,16). The maximum absolute atomic E-state index is 12.0. The SMILES string of the molecule is Cc1cc2c(cc1NC(=O)C1CC(N)C1)OCO2. The first-order valence-corrected chi connectivity index (χ1v) is 6.10. The Balaban J connectivity index is 1.74. The van der Waals surface area contributed by atoms with E-state index in [1.54, 1.807) is 0 Å². The number of hydrogen-bond donors (Lipinski definition) is 2. The minimum Gasteiger partial charge on any atom is -0.454 e. The van der Waals surface area contributed by atoms with Gasteiger partial charge in [-0.3, -0.25) is 4.79 Å². The molecule has 5 heteroatoms. The van der Waals surface area contributed by atoms with Gasteiger partial charge < -0.3 is 20.5 Å². The predicted molar refractivity (Wildman–Crippen MR) is 66.6 cm³/mol. The Morgan fingerprint density at radius 2 is 2.00 bits per heavy atom. The molecule has 0 spiro atoms. The van der Waals surface area contributed by atoms with Crippen LogP contribution in [-0.2, 0) is 4.79 Å². The molecule has 1 heterocycles. The maximum Gasteiger partial charge on any atom is 0.231 e. The molecule has 0 unspecified atom stereocenters. The number of nitrogens with one attached hydrogen (secondary N) is 1. The molecule has 1 fully saturated rings. The van der Waals surface area contributed by atoms with Gasteiger partial charge in [0.1, 0.15) is 0 Å². The van der Waals surface area contributed by atoms with Crippen LogP contribution in [0.5, 0.6) is 11.5 Å². The summed E-state index contributed by atoms with van der Waals surface area (Å²) in [6.07, 6.45) is 1.55. The number of fused-ring (bicyclic) bond motifs is 1. The third kappa shape index (κ3) is 1.90. The van der Waals surface area contributed by atoms with Crippen molar-refractivity contribution >= 4 is 11.6 Å². The summed E-state index contributed by atoms with van der Waals surface area (Å²) in [4.78, 5) is 12.0. The molecule has 1 aromatic carbocycles. The van der Waals surface area contributed by atoms with Crippen LogP contribution in [-0.4, -0.2) is 18.7 Å². The second kappa shape index (κ2) is 4.17. The topological polar surface area (TPSA) is 73.6 Å². The van der Waals surface area contributed by atoms with Crippen molar-refractivity contribution in [3.05, 3.63) is 17.7 Å². The number of carbonyl (C=O) groups is 1. The zero-order valence-corrected chi connectivity index (χ0v) is 10.2. The fourth-order valence-electron chi connectivity index (χ4n) is 2.29. The van der Waals surface area contributed by atoms with Crippen LogP contribution in [0.4, 0.5) is 5.69 Å². The van der Waals surface area contributed by atoms with Gasteiger partial charge in [-0.05, 0) is 31.4 Å². The van der Waals surface area contributed by atoms with Gasteiger partial charge in [-0.15, -0.1) is 0 Å². The van der Waals surface area contributed by atoms with Crippen LogP contribution in [0.3, 0.4) is 0 Å². The number of anilines is 1. The molecule has 0 radical (unpaired) electrons. The lowest BCUT2D eigenvalue weighted by Crippen LogP contribution is -2.42. The molecule has 0 aromatic heterocycles. The third-order valence-corrected chi connectivity index (χ3v) is 3.52. The van der Waals surface area contributed by atoms with E-state index in [-0.39, 0.29) is 24.7 Å². The Labute approximate surface area is 105 Å². The summed E-state index contributed by atoms with van der Waals surface area (Å²) in [5.74, 6) is 1.50. The summed E-state index contributed by atoms with van der Waals surface area (Å²) in [6, 6.07) is 3.87. The Bertz CT molecular complexity index is 495.